The van der Waals surface area contributed by atoms with Gasteiger partial charge in [-0.25, -0.2) is 9.79 Å². The summed E-state index contributed by atoms with van der Waals surface area (Å²) in [7, 11) is 2.85. The third kappa shape index (κ3) is 2.54. The first-order valence-electron chi connectivity index (χ1n) is 7.35. The molecule has 0 saturated heterocycles. The van der Waals surface area contributed by atoms with Gasteiger partial charge in [-0.05, 0) is 37.0 Å². The van der Waals surface area contributed by atoms with Crippen LogP contribution in [0.2, 0.25) is 0 Å². The van der Waals surface area contributed by atoms with Crippen LogP contribution < -0.4 is 4.74 Å². The van der Waals surface area contributed by atoms with E-state index in [0.717, 1.165) is 16.4 Å². The van der Waals surface area contributed by atoms with Crippen LogP contribution in [0.4, 0.5) is 0 Å². The largest absolute Gasteiger partial charge is 0.504 e. The number of benzene rings is 1. The molecule has 126 valence electrons. The number of esters is 1. The lowest BCUT2D eigenvalue weighted by atomic mass is 9.94. The zero-order valence-corrected chi connectivity index (χ0v) is 14.7. The SMILES string of the molecule is COC(=O)C1=C(C)N=C2SC=C(C)N2C1c1ccc(O)c(OC)c1. The van der Waals surface area contributed by atoms with Crippen molar-refractivity contribution in [1.82, 2.24) is 4.90 Å². The predicted molar refractivity (Wildman–Crippen MR) is 92.7 cm³/mol. The standard InChI is InChI=1S/C17H18N2O4S/c1-9-8-24-17-18-10(2)14(16(21)23-4)15(19(9)17)11-5-6-12(20)13(7-11)22-3/h5-8,15,20H,1-4H3. The minimum absolute atomic E-state index is 0.0503. The van der Waals surface area contributed by atoms with Crippen LogP contribution >= 0.6 is 11.8 Å². The quantitative estimate of drug-likeness (QED) is 0.848. The number of allylic oxidation sites excluding steroid dienone is 2. The van der Waals surface area contributed by atoms with E-state index < -0.39 is 5.97 Å². The molecule has 0 aromatic heterocycles. The maximum atomic E-state index is 12.4. The Morgan fingerprint density at radius 1 is 1.33 bits per heavy atom. The van der Waals surface area contributed by atoms with Gasteiger partial charge in [0.15, 0.2) is 16.7 Å². The minimum atomic E-state index is -0.419. The van der Waals surface area contributed by atoms with Gasteiger partial charge in [-0.3, -0.25) is 0 Å². The molecule has 2 heterocycles. The average Bonchev–Trinajstić information content (AvgIpc) is 2.94. The van der Waals surface area contributed by atoms with E-state index in [1.807, 2.05) is 17.2 Å². The highest BCUT2D eigenvalue weighted by Gasteiger charge is 2.39. The summed E-state index contributed by atoms with van der Waals surface area (Å²) in [6.45, 7) is 3.77. The third-order valence-corrected chi connectivity index (χ3v) is 4.99. The van der Waals surface area contributed by atoms with E-state index in [2.05, 4.69) is 4.99 Å². The minimum Gasteiger partial charge on any atom is -0.504 e. The number of aliphatic imine (C=N–C) groups is 1. The molecule has 3 rings (SSSR count). The molecular formula is C17H18N2O4S. The van der Waals surface area contributed by atoms with Crippen molar-refractivity contribution in [2.45, 2.75) is 19.9 Å². The maximum Gasteiger partial charge on any atom is 0.338 e. The van der Waals surface area contributed by atoms with E-state index in [1.165, 1.54) is 26.0 Å². The highest BCUT2D eigenvalue weighted by molar-refractivity contribution is 8.16. The Morgan fingerprint density at radius 3 is 2.75 bits per heavy atom. The van der Waals surface area contributed by atoms with Crippen molar-refractivity contribution in [2.24, 2.45) is 4.99 Å². The van der Waals surface area contributed by atoms with Gasteiger partial charge >= 0.3 is 5.97 Å². The summed E-state index contributed by atoms with van der Waals surface area (Å²) in [5, 5.41) is 12.7. The summed E-state index contributed by atoms with van der Waals surface area (Å²) in [5.74, 6) is -0.0155. The smallest absolute Gasteiger partial charge is 0.338 e. The Hall–Kier alpha value is -2.41. The molecule has 0 spiro atoms. The molecular weight excluding hydrogens is 328 g/mol. The van der Waals surface area contributed by atoms with Crippen molar-refractivity contribution >= 4 is 22.9 Å². The Labute approximate surface area is 144 Å². The van der Waals surface area contributed by atoms with Crippen LogP contribution in [0.3, 0.4) is 0 Å². The first-order valence-corrected chi connectivity index (χ1v) is 8.23. The van der Waals surface area contributed by atoms with Gasteiger partial charge in [-0.1, -0.05) is 17.8 Å². The molecule has 2 aliphatic rings. The fourth-order valence-electron chi connectivity index (χ4n) is 2.88. The van der Waals surface area contributed by atoms with Crippen molar-refractivity contribution in [3.63, 3.8) is 0 Å². The number of fused-ring (bicyclic) bond motifs is 1. The summed E-state index contributed by atoms with van der Waals surface area (Å²) < 4.78 is 10.2. The van der Waals surface area contributed by atoms with Gasteiger partial charge in [0.1, 0.15) is 0 Å². The monoisotopic (exact) mass is 346 g/mol. The summed E-state index contributed by atoms with van der Waals surface area (Å²) in [6, 6.07) is 4.69. The number of carbonyl (C=O) groups is 1. The van der Waals surface area contributed by atoms with Crippen LogP contribution in [-0.4, -0.2) is 35.4 Å². The summed E-state index contributed by atoms with van der Waals surface area (Å²) in [5.41, 5.74) is 2.90. The van der Waals surface area contributed by atoms with Crippen LogP contribution in [-0.2, 0) is 9.53 Å². The number of aromatic hydroxyl groups is 1. The van der Waals surface area contributed by atoms with E-state index in [4.69, 9.17) is 9.47 Å². The van der Waals surface area contributed by atoms with Gasteiger partial charge in [0.2, 0.25) is 0 Å². The molecule has 0 aliphatic carbocycles. The van der Waals surface area contributed by atoms with Gasteiger partial charge in [0.05, 0.1) is 31.5 Å². The lowest BCUT2D eigenvalue weighted by Crippen LogP contribution is -2.35. The molecule has 0 fully saturated rings. The van der Waals surface area contributed by atoms with E-state index >= 15 is 0 Å². The van der Waals surface area contributed by atoms with Crippen molar-refractivity contribution in [3.05, 3.63) is 46.1 Å². The summed E-state index contributed by atoms with van der Waals surface area (Å²) >= 11 is 1.52. The number of carbonyl (C=O) groups excluding carboxylic acids is 1. The average molecular weight is 346 g/mol. The van der Waals surface area contributed by atoms with Crippen molar-refractivity contribution in [2.75, 3.05) is 14.2 Å². The normalized spacial score (nSPS) is 19.7. The number of rotatable bonds is 3. The molecule has 0 bridgehead atoms. The maximum absolute atomic E-state index is 12.4. The Morgan fingerprint density at radius 2 is 2.08 bits per heavy atom. The highest BCUT2D eigenvalue weighted by Crippen LogP contribution is 2.45. The van der Waals surface area contributed by atoms with E-state index in [9.17, 15) is 9.90 Å². The van der Waals surface area contributed by atoms with Crippen molar-refractivity contribution in [3.8, 4) is 11.5 Å². The Kier molecular flexibility index (Phi) is 4.28. The van der Waals surface area contributed by atoms with Gasteiger partial charge < -0.3 is 19.5 Å². The molecule has 2 aliphatic heterocycles. The molecule has 6 nitrogen and oxygen atoms in total. The molecule has 1 atom stereocenters. The lowest BCUT2D eigenvalue weighted by Gasteiger charge is -2.35. The Balaban J connectivity index is 2.18. The molecule has 0 amide bonds. The molecule has 24 heavy (non-hydrogen) atoms. The van der Waals surface area contributed by atoms with E-state index in [-0.39, 0.29) is 11.8 Å². The van der Waals surface area contributed by atoms with Crippen molar-refractivity contribution in [1.29, 1.82) is 0 Å². The van der Waals surface area contributed by atoms with Crippen LogP contribution in [0.1, 0.15) is 25.5 Å². The zero-order chi connectivity index (χ0) is 17.4. The van der Waals surface area contributed by atoms with E-state index in [1.54, 1.807) is 25.1 Å². The Bertz CT molecular complexity index is 798. The van der Waals surface area contributed by atoms with Gasteiger partial charge in [-0.2, -0.15) is 0 Å². The number of nitrogens with zero attached hydrogens (tertiary/aromatic N) is 2. The van der Waals surface area contributed by atoms with Gasteiger partial charge in [0.25, 0.3) is 0 Å². The second kappa shape index (κ2) is 6.24. The number of amidine groups is 1. The van der Waals surface area contributed by atoms with E-state index in [0.29, 0.717) is 17.0 Å². The summed E-state index contributed by atoms with van der Waals surface area (Å²) in [4.78, 5) is 18.9. The molecule has 1 aromatic rings. The lowest BCUT2D eigenvalue weighted by molar-refractivity contribution is -0.136. The van der Waals surface area contributed by atoms with Crippen LogP contribution in [0, 0.1) is 0 Å². The topological polar surface area (TPSA) is 71.4 Å². The first kappa shape index (κ1) is 16.4. The number of phenolic OH excluding ortho intramolecular Hbond substituents is 1. The van der Waals surface area contributed by atoms with Crippen LogP contribution in [0.25, 0.3) is 0 Å². The second-order valence-corrected chi connectivity index (χ2v) is 6.30. The molecule has 0 saturated carbocycles. The molecule has 1 unspecified atom stereocenters. The molecule has 0 radical (unpaired) electrons. The predicted octanol–water partition coefficient (Wildman–Crippen LogP) is 3.17. The number of thioether (sulfide) groups is 1. The van der Waals surface area contributed by atoms with Crippen LogP contribution in [0.5, 0.6) is 11.5 Å². The third-order valence-electron chi connectivity index (χ3n) is 4.03. The highest BCUT2D eigenvalue weighted by atomic mass is 32.2. The molecule has 7 heteroatoms. The fraction of sp³-hybridized carbons (Fsp3) is 0.294. The number of hydrogen-bond donors (Lipinski definition) is 1. The van der Waals surface area contributed by atoms with Crippen molar-refractivity contribution < 1.29 is 19.4 Å². The van der Waals surface area contributed by atoms with Gasteiger partial charge in [-0.15, -0.1) is 0 Å². The number of hydrogen-bond acceptors (Lipinski definition) is 7. The van der Waals surface area contributed by atoms with Gasteiger partial charge in [0, 0.05) is 5.70 Å². The van der Waals surface area contributed by atoms with Crippen LogP contribution in [0.15, 0.2) is 45.6 Å². The number of phenols is 1. The number of ether oxygens (including phenoxy) is 2. The zero-order valence-electron chi connectivity index (χ0n) is 13.9. The fourth-order valence-corrected chi connectivity index (χ4v) is 3.82. The number of methoxy groups -OCH3 is 2. The summed E-state index contributed by atoms with van der Waals surface area (Å²) in [6.07, 6.45) is 0. The molecule has 1 aromatic carbocycles. The second-order valence-electron chi connectivity index (χ2n) is 5.47. The first-order chi connectivity index (χ1) is 11.5. The molecule has 1 N–H and O–H groups in total.